The van der Waals surface area contributed by atoms with E-state index < -0.39 is 17.7 Å². The number of nitrogens with zero attached hydrogens (tertiary/aromatic N) is 4. The Hall–Kier alpha value is -2.96. The van der Waals surface area contributed by atoms with Crippen molar-refractivity contribution in [2.45, 2.75) is 26.8 Å². The van der Waals surface area contributed by atoms with Gasteiger partial charge in [0.25, 0.3) is 11.7 Å². The van der Waals surface area contributed by atoms with Gasteiger partial charge in [-0.1, -0.05) is 0 Å². The van der Waals surface area contributed by atoms with Crippen LogP contribution in [0.4, 0.5) is 0 Å². The van der Waals surface area contributed by atoms with E-state index in [1.54, 1.807) is 50.1 Å². The molecule has 25 heavy (non-hydrogen) atoms. The average Bonchev–Trinajstić information content (AvgIpc) is 3.01. The summed E-state index contributed by atoms with van der Waals surface area (Å²) >= 11 is 0. The summed E-state index contributed by atoms with van der Waals surface area (Å²) in [4.78, 5) is 30.5. The van der Waals surface area contributed by atoms with Gasteiger partial charge in [0.05, 0.1) is 22.9 Å². The molecule has 1 N–H and O–H groups in total. The lowest BCUT2D eigenvalue weighted by atomic mass is 9.95. The first-order chi connectivity index (χ1) is 11.9. The van der Waals surface area contributed by atoms with Crippen LogP contribution >= 0.6 is 0 Å². The Balaban J connectivity index is 2.27. The summed E-state index contributed by atoms with van der Waals surface area (Å²) in [7, 11) is 1.77. The Morgan fingerprint density at radius 2 is 1.88 bits per heavy atom. The number of carbonyl (C=O) groups excluding carboxylic acids is 2. The van der Waals surface area contributed by atoms with Gasteiger partial charge in [0.15, 0.2) is 0 Å². The van der Waals surface area contributed by atoms with Crippen LogP contribution in [-0.2, 0) is 16.6 Å². The van der Waals surface area contributed by atoms with Gasteiger partial charge in [-0.2, -0.15) is 5.10 Å². The maximum atomic E-state index is 12.7. The number of rotatable bonds is 3. The van der Waals surface area contributed by atoms with Gasteiger partial charge >= 0.3 is 0 Å². The Morgan fingerprint density at radius 3 is 2.40 bits per heavy atom. The molecule has 1 amide bonds. The van der Waals surface area contributed by atoms with Gasteiger partial charge in [0.2, 0.25) is 0 Å². The van der Waals surface area contributed by atoms with Crippen LogP contribution in [-0.4, -0.2) is 43.0 Å². The predicted octanol–water partition coefficient (Wildman–Crippen LogP) is 1.87. The molecule has 1 atom stereocenters. The van der Waals surface area contributed by atoms with Gasteiger partial charge in [-0.25, -0.2) is 0 Å². The summed E-state index contributed by atoms with van der Waals surface area (Å²) in [6, 6.07) is 2.86. The number of hydrogen-bond acceptors (Lipinski definition) is 5. The number of aryl methyl sites for hydroxylation is 2. The van der Waals surface area contributed by atoms with Crippen molar-refractivity contribution in [3.05, 3.63) is 52.6 Å². The largest absolute Gasteiger partial charge is 0.507 e. The summed E-state index contributed by atoms with van der Waals surface area (Å²) in [6.45, 7) is 5.74. The highest BCUT2D eigenvalue weighted by atomic mass is 16.3. The lowest BCUT2D eigenvalue weighted by Crippen LogP contribution is -2.29. The number of pyridine rings is 1. The van der Waals surface area contributed by atoms with E-state index in [1.165, 1.54) is 4.90 Å². The molecule has 0 radical (unpaired) electrons. The van der Waals surface area contributed by atoms with Crippen molar-refractivity contribution in [1.82, 2.24) is 19.7 Å². The van der Waals surface area contributed by atoms with Crippen LogP contribution in [0.5, 0.6) is 0 Å². The Bertz CT molecular complexity index is 883. The molecular formula is C18H20N4O3. The van der Waals surface area contributed by atoms with Crippen molar-refractivity contribution < 1.29 is 14.7 Å². The summed E-state index contributed by atoms with van der Waals surface area (Å²) < 4.78 is 1.64. The summed E-state index contributed by atoms with van der Waals surface area (Å²) in [5, 5.41) is 15.2. The molecule has 3 heterocycles. The fourth-order valence-corrected chi connectivity index (χ4v) is 3.35. The van der Waals surface area contributed by atoms with E-state index in [2.05, 4.69) is 10.1 Å². The van der Waals surface area contributed by atoms with Gasteiger partial charge in [-0.3, -0.25) is 19.3 Å². The highest BCUT2D eigenvalue weighted by Gasteiger charge is 2.45. The van der Waals surface area contributed by atoms with Crippen LogP contribution in [0.3, 0.4) is 0 Å². The molecule has 7 heteroatoms. The number of ketones is 1. The monoisotopic (exact) mass is 340 g/mol. The zero-order chi connectivity index (χ0) is 18.3. The summed E-state index contributed by atoms with van der Waals surface area (Å²) in [5.41, 5.74) is 2.66. The minimum absolute atomic E-state index is 0.0947. The Labute approximate surface area is 145 Å². The zero-order valence-electron chi connectivity index (χ0n) is 14.6. The molecule has 1 aliphatic heterocycles. The number of hydrogen-bond donors (Lipinski definition) is 1. The first kappa shape index (κ1) is 16.9. The van der Waals surface area contributed by atoms with Gasteiger partial charge in [-0.05, 0) is 38.5 Å². The van der Waals surface area contributed by atoms with Crippen LogP contribution in [0.2, 0.25) is 0 Å². The SMILES string of the molecule is CCN1C(=O)C(=O)/C(=C(/O)c2c(C)nn(C)c2C)C1c1ccncc1. The van der Waals surface area contributed by atoms with Crippen molar-refractivity contribution in [3.63, 3.8) is 0 Å². The molecule has 3 rings (SSSR count). The molecule has 0 aromatic carbocycles. The second-order valence-electron chi connectivity index (χ2n) is 6.04. The molecular weight excluding hydrogens is 320 g/mol. The van der Waals surface area contributed by atoms with E-state index in [-0.39, 0.29) is 11.3 Å². The molecule has 130 valence electrons. The molecule has 1 fully saturated rings. The zero-order valence-corrected chi connectivity index (χ0v) is 14.6. The Kier molecular flexibility index (Phi) is 4.16. The number of likely N-dealkylation sites (N-methyl/N-ethyl adjacent to an activating group) is 1. The molecule has 1 aliphatic rings. The highest BCUT2D eigenvalue weighted by molar-refractivity contribution is 6.46. The van der Waals surface area contributed by atoms with Crippen LogP contribution in [0.15, 0.2) is 30.1 Å². The van der Waals surface area contributed by atoms with E-state index in [9.17, 15) is 14.7 Å². The highest BCUT2D eigenvalue weighted by Crippen LogP contribution is 2.39. The van der Waals surface area contributed by atoms with E-state index in [0.29, 0.717) is 17.8 Å². The molecule has 2 aromatic heterocycles. The summed E-state index contributed by atoms with van der Waals surface area (Å²) in [5.74, 6) is -1.46. The lowest BCUT2D eigenvalue weighted by Gasteiger charge is -2.23. The van der Waals surface area contributed by atoms with Crippen molar-refractivity contribution >= 4 is 17.4 Å². The number of aliphatic hydroxyl groups is 1. The first-order valence-corrected chi connectivity index (χ1v) is 8.07. The quantitative estimate of drug-likeness (QED) is 0.523. The average molecular weight is 340 g/mol. The number of amides is 1. The molecule has 2 aromatic rings. The minimum Gasteiger partial charge on any atom is -0.507 e. The van der Waals surface area contributed by atoms with Crippen molar-refractivity contribution in [1.29, 1.82) is 0 Å². The molecule has 0 spiro atoms. The molecule has 0 aliphatic carbocycles. The third-order valence-corrected chi connectivity index (χ3v) is 4.65. The number of carbonyl (C=O) groups is 2. The van der Waals surface area contributed by atoms with Gasteiger partial charge < -0.3 is 10.0 Å². The normalized spacial score (nSPS) is 19.7. The van der Waals surface area contributed by atoms with Gasteiger partial charge in [0, 0.05) is 31.7 Å². The number of aromatic nitrogens is 3. The maximum Gasteiger partial charge on any atom is 0.295 e. The smallest absolute Gasteiger partial charge is 0.295 e. The van der Waals surface area contributed by atoms with Crippen LogP contribution in [0.1, 0.15) is 35.5 Å². The lowest BCUT2D eigenvalue weighted by molar-refractivity contribution is -0.139. The predicted molar refractivity (Wildman–Crippen MR) is 91.6 cm³/mol. The standard InChI is InChI=1S/C18H20N4O3/c1-5-22-15(12-6-8-19-9-7-12)14(17(24)18(22)25)16(23)13-10(2)20-21(4)11(13)3/h6-9,15,23H,5H2,1-4H3/b16-14+. The Morgan fingerprint density at radius 1 is 1.24 bits per heavy atom. The molecule has 1 unspecified atom stereocenters. The van der Waals surface area contributed by atoms with E-state index in [0.717, 1.165) is 11.3 Å². The second-order valence-corrected chi connectivity index (χ2v) is 6.04. The molecule has 0 bridgehead atoms. The van der Waals surface area contributed by atoms with Crippen LogP contribution < -0.4 is 0 Å². The second kappa shape index (κ2) is 6.16. The number of Topliss-reactive ketones (excluding diaryl/α,β-unsaturated/α-hetero) is 1. The third kappa shape index (κ3) is 2.52. The van der Waals surface area contributed by atoms with Crippen LogP contribution in [0.25, 0.3) is 5.76 Å². The maximum absolute atomic E-state index is 12.7. The number of likely N-dealkylation sites (tertiary alicyclic amines) is 1. The fourth-order valence-electron chi connectivity index (χ4n) is 3.35. The van der Waals surface area contributed by atoms with Crippen molar-refractivity contribution in [2.75, 3.05) is 6.54 Å². The molecule has 0 saturated carbocycles. The van der Waals surface area contributed by atoms with E-state index >= 15 is 0 Å². The first-order valence-electron chi connectivity index (χ1n) is 8.07. The van der Waals surface area contributed by atoms with E-state index in [4.69, 9.17) is 0 Å². The topological polar surface area (TPSA) is 88.3 Å². The third-order valence-electron chi connectivity index (χ3n) is 4.65. The minimum atomic E-state index is -0.677. The fraction of sp³-hybridized carbons (Fsp3) is 0.333. The molecule has 7 nitrogen and oxygen atoms in total. The van der Waals surface area contributed by atoms with E-state index in [1.807, 2.05) is 6.92 Å². The van der Waals surface area contributed by atoms with Gasteiger partial charge in [-0.15, -0.1) is 0 Å². The van der Waals surface area contributed by atoms with Crippen LogP contribution in [0, 0.1) is 13.8 Å². The molecule has 1 saturated heterocycles. The van der Waals surface area contributed by atoms with Crippen molar-refractivity contribution in [3.8, 4) is 0 Å². The summed E-state index contributed by atoms with van der Waals surface area (Å²) in [6.07, 6.45) is 3.21. The van der Waals surface area contributed by atoms with Gasteiger partial charge in [0.1, 0.15) is 5.76 Å². The number of aliphatic hydroxyl groups excluding tert-OH is 1. The van der Waals surface area contributed by atoms with Crippen molar-refractivity contribution in [2.24, 2.45) is 7.05 Å².